The highest BCUT2D eigenvalue weighted by Gasteiger charge is 2.01. The molecular formula is C98H108O. The molecule has 0 aliphatic carbocycles. The van der Waals surface area contributed by atoms with Crippen LogP contribution in [0.4, 0.5) is 0 Å². The van der Waals surface area contributed by atoms with Crippen LogP contribution in [-0.2, 0) is 51.4 Å². The second kappa shape index (κ2) is 48.4. The fraction of sp³-hybridized carbons (Fsp3) is 0.204. The number of hydrogen-bond donors (Lipinski definition) is 0. The van der Waals surface area contributed by atoms with Crippen LogP contribution in [-0.4, -0.2) is 6.61 Å². The van der Waals surface area contributed by atoms with Crippen molar-refractivity contribution in [1.29, 1.82) is 0 Å². The Morgan fingerprint density at radius 1 is 0.202 bits per heavy atom. The predicted octanol–water partition coefficient (Wildman–Crippen LogP) is 25.8. The molecule has 0 unspecified atom stereocenters. The second-order valence-electron chi connectivity index (χ2n) is 25.3. The van der Waals surface area contributed by atoms with Crippen LogP contribution in [0.2, 0.25) is 0 Å². The number of hydrogen-bond acceptors (Lipinski definition) is 1. The number of unbranched alkanes of at least 4 members (excludes halogenated alkanes) is 1. The van der Waals surface area contributed by atoms with E-state index in [2.05, 4.69) is 401 Å². The SMILES string of the molecule is CCCCOc1ccc(C)cc1.CCc1ccccc1.Cc1cc(C)cc(C)c1.Cc1ccc(C)cc1.c1ccc(CCCc2ccccc2)cc1.c1ccc(CCc2ccccc2)cc1.c1ccc(Cc2ccc(Cc3ccccc3)cc2)cc1.c1ccc(Cc2ccccc2)cc1. The van der Waals surface area contributed by atoms with Gasteiger partial charge in [-0.3, -0.25) is 0 Å². The molecule has 0 aromatic heterocycles. The molecule has 0 heterocycles. The first kappa shape index (κ1) is 77.7. The van der Waals surface area contributed by atoms with Crippen LogP contribution < -0.4 is 4.74 Å². The molecule has 99 heavy (non-hydrogen) atoms. The molecule has 0 N–H and O–H groups in total. The molecule has 13 aromatic carbocycles. The van der Waals surface area contributed by atoms with Gasteiger partial charge in [0.1, 0.15) is 5.75 Å². The summed E-state index contributed by atoms with van der Waals surface area (Å²) in [5.74, 6) is 0.981. The van der Waals surface area contributed by atoms with Gasteiger partial charge in [-0.2, -0.15) is 0 Å². The normalized spacial score (nSPS) is 9.90. The summed E-state index contributed by atoms with van der Waals surface area (Å²) in [5, 5.41) is 0. The molecule has 0 saturated carbocycles. The van der Waals surface area contributed by atoms with Gasteiger partial charge in [0.25, 0.3) is 0 Å². The van der Waals surface area contributed by atoms with Crippen LogP contribution in [0.25, 0.3) is 0 Å². The van der Waals surface area contributed by atoms with Gasteiger partial charge in [-0.25, -0.2) is 0 Å². The number of benzene rings is 13. The van der Waals surface area contributed by atoms with E-state index in [0.29, 0.717) is 0 Å². The molecule has 0 bridgehead atoms. The van der Waals surface area contributed by atoms with Crippen molar-refractivity contribution in [2.75, 3.05) is 6.61 Å². The van der Waals surface area contributed by atoms with E-state index in [1.165, 1.54) is 120 Å². The van der Waals surface area contributed by atoms with Crippen molar-refractivity contribution in [3.05, 3.63) is 459 Å². The average Bonchev–Trinajstić information content (AvgIpc) is 1.50. The molecule has 0 spiro atoms. The van der Waals surface area contributed by atoms with E-state index in [9.17, 15) is 0 Å². The van der Waals surface area contributed by atoms with Crippen molar-refractivity contribution in [2.45, 2.75) is 126 Å². The molecule has 0 radical (unpaired) electrons. The Hall–Kier alpha value is -10.3. The number of aryl methyl sites for hydroxylation is 11. The average molecular weight is 1300 g/mol. The highest BCUT2D eigenvalue weighted by molar-refractivity contribution is 5.33. The summed E-state index contributed by atoms with van der Waals surface area (Å²) in [6, 6.07) is 128. The fourth-order valence-electron chi connectivity index (χ4n) is 10.8. The largest absolute Gasteiger partial charge is 0.494 e. The molecule has 0 atom stereocenters. The van der Waals surface area contributed by atoms with Gasteiger partial charge in [-0.05, 0) is 179 Å². The van der Waals surface area contributed by atoms with Gasteiger partial charge < -0.3 is 4.74 Å². The first-order chi connectivity index (χ1) is 48.5. The van der Waals surface area contributed by atoms with Gasteiger partial charge in [0.2, 0.25) is 0 Å². The Morgan fingerprint density at radius 3 is 0.667 bits per heavy atom. The molecule has 13 rings (SSSR count). The topological polar surface area (TPSA) is 9.23 Å². The molecule has 0 aliphatic heterocycles. The maximum absolute atomic E-state index is 5.50. The standard InChI is InChI=1S/C20H18.C15H16.C14H14.C13H12.C11H16O.C9H12.2C8H10/c1-3-7-17(8-4-1)15-19-11-13-20(14-12-19)16-18-9-5-2-6-10-18;1-3-8-14(9-4-1)12-7-13-15-10-5-2-6-11-15;1-3-7-13(8-4-1)11-12-14-9-5-2-6-10-14;1-3-7-12(8-4-1)11-13-9-5-2-6-10-13;1-3-4-9-12-11-7-5-10(2)6-8-11;1-7-4-8(2)6-9(3)5-7;1-7-3-5-8(2)6-4-7;1-2-8-6-4-3-5-7-8/h1-14H,15-16H2;1-6,8-11H,7,12-13H2;1-10H,11-12H2;1-10H,11H2;5-8H,3-4,9H2,1-2H3;4-6H,1-3H3;3-6H,1-2H3;3-7H,2H2,1H3. The fourth-order valence-corrected chi connectivity index (χ4v) is 10.8. The maximum Gasteiger partial charge on any atom is 0.119 e. The van der Waals surface area contributed by atoms with Gasteiger partial charge in [0.15, 0.2) is 0 Å². The Morgan fingerprint density at radius 2 is 0.424 bits per heavy atom. The third-order valence-electron chi connectivity index (χ3n) is 16.2. The summed E-state index contributed by atoms with van der Waals surface area (Å²) in [6.07, 6.45) is 12.3. The van der Waals surface area contributed by atoms with Crippen LogP contribution in [0, 0.1) is 41.5 Å². The third-order valence-corrected chi connectivity index (χ3v) is 16.2. The lowest BCUT2D eigenvalue weighted by molar-refractivity contribution is 0.309. The van der Waals surface area contributed by atoms with Crippen molar-refractivity contribution >= 4 is 0 Å². The Bertz CT molecular complexity index is 3780. The smallest absolute Gasteiger partial charge is 0.119 e. The Kier molecular flexibility index (Phi) is 37.9. The predicted molar refractivity (Wildman–Crippen MR) is 430 cm³/mol. The Labute approximate surface area is 598 Å². The van der Waals surface area contributed by atoms with E-state index >= 15 is 0 Å². The minimum atomic E-state index is 0.833. The summed E-state index contributed by atoms with van der Waals surface area (Å²) in [6.45, 7) is 17.8. The van der Waals surface area contributed by atoms with Gasteiger partial charge in [-0.15, -0.1) is 0 Å². The summed E-state index contributed by atoms with van der Waals surface area (Å²) in [7, 11) is 0. The minimum Gasteiger partial charge on any atom is -0.494 e. The molecule has 1 heteroatoms. The monoisotopic (exact) mass is 1300 g/mol. The first-order valence-corrected chi connectivity index (χ1v) is 35.7. The van der Waals surface area contributed by atoms with Crippen LogP contribution >= 0.6 is 0 Å². The summed E-state index contributed by atoms with van der Waals surface area (Å²) in [4.78, 5) is 0. The molecule has 0 fully saturated rings. The summed E-state index contributed by atoms with van der Waals surface area (Å²) in [5.41, 5.74) is 23.3. The lowest BCUT2D eigenvalue weighted by atomic mass is 10.0. The zero-order valence-corrected chi connectivity index (χ0v) is 60.5. The van der Waals surface area contributed by atoms with Crippen LogP contribution in [0.5, 0.6) is 5.75 Å². The zero-order valence-electron chi connectivity index (χ0n) is 60.5. The first-order valence-electron chi connectivity index (χ1n) is 35.7. The molecule has 506 valence electrons. The zero-order chi connectivity index (χ0) is 70.0. The molecule has 1 nitrogen and oxygen atoms in total. The molecular weight excluding hydrogens is 1190 g/mol. The van der Waals surface area contributed by atoms with Gasteiger partial charge in [0.05, 0.1) is 6.61 Å². The van der Waals surface area contributed by atoms with E-state index in [4.69, 9.17) is 4.74 Å². The quantitative estimate of drug-likeness (QED) is 0.0778. The summed E-state index contributed by atoms with van der Waals surface area (Å²) < 4.78 is 5.50. The summed E-state index contributed by atoms with van der Waals surface area (Å²) >= 11 is 0. The van der Waals surface area contributed by atoms with Crippen LogP contribution in [0.3, 0.4) is 0 Å². The van der Waals surface area contributed by atoms with Gasteiger partial charge >= 0.3 is 0 Å². The van der Waals surface area contributed by atoms with Crippen molar-refractivity contribution in [2.24, 2.45) is 0 Å². The van der Waals surface area contributed by atoms with Crippen molar-refractivity contribution in [1.82, 2.24) is 0 Å². The van der Waals surface area contributed by atoms with E-state index < -0.39 is 0 Å². The number of ether oxygens (including phenoxy) is 1. The minimum absolute atomic E-state index is 0.833. The molecule has 13 aromatic rings. The highest BCUT2D eigenvalue weighted by Crippen LogP contribution is 2.16. The third kappa shape index (κ3) is 36.0. The molecule has 0 saturated heterocycles. The van der Waals surface area contributed by atoms with Gasteiger partial charge in [-0.1, -0.05) is 405 Å². The Balaban J connectivity index is 0.000000182. The van der Waals surface area contributed by atoms with Gasteiger partial charge in [0, 0.05) is 0 Å². The van der Waals surface area contributed by atoms with E-state index in [1.54, 1.807) is 0 Å². The van der Waals surface area contributed by atoms with Crippen LogP contribution in [0.15, 0.2) is 364 Å². The van der Waals surface area contributed by atoms with Crippen molar-refractivity contribution in [3.63, 3.8) is 0 Å². The molecule has 0 aliphatic rings. The van der Waals surface area contributed by atoms with Crippen LogP contribution in [0.1, 0.15) is 128 Å². The maximum atomic E-state index is 5.50. The number of rotatable bonds is 18. The second-order valence-corrected chi connectivity index (χ2v) is 25.3. The lowest BCUT2D eigenvalue weighted by Gasteiger charge is -2.05. The lowest BCUT2D eigenvalue weighted by Crippen LogP contribution is -1.95. The van der Waals surface area contributed by atoms with E-state index in [-0.39, 0.29) is 0 Å². The molecule has 0 amide bonds. The van der Waals surface area contributed by atoms with Crippen molar-refractivity contribution in [3.8, 4) is 5.75 Å². The van der Waals surface area contributed by atoms with E-state index in [1.807, 2.05) is 18.2 Å². The van der Waals surface area contributed by atoms with Crippen molar-refractivity contribution < 1.29 is 4.74 Å². The highest BCUT2D eigenvalue weighted by atomic mass is 16.5. The van der Waals surface area contributed by atoms with E-state index in [0.717, 1.165) is 57.3 Å².